The van der Waals surface area contributed by atoms with Crippen molar-refractivity contribution in [1.29, 1.82) is 5.26 Å². The summed E-state index contributed by atoms with van der Waals surface area (Å²) in [6.07, 6.45) is -5.08. The molecule has 1 fully saturated rings. The summed E-state index contributed by atoms with van der Waals surface area (Å²) in [7, 11) is 0. The molecule has 0 amide bonds. The van der Waals surface area contributed by atoms with Gasteiger partial charge in [-0.15, -0.1) is 0 Å². The van der Waals surface area contributed by atoms with Gasteiger partial charge in [0.15, 0.2) is 5.13 Å². The third kappa shape index (κ3) is 9.29. The van der Waals surface area contributed by atoms with Crippen LogP contribution in [0, 0.1) is 18.3 Å². The maximum absolute atomic E-state index is 12.2. The van der Waals surface area contributed by atoms with Crippen molar-refractivity contribution in [3.8, 4) is 6.07 Å². The third-order valence-electron chi connectivity index (χ3n) is 5.43. The molecule has 1 aliphatic heterocycles. The van der Waals surface area contributed by atoms with Crippen LogP contribution in [0.15, 0.2) is 30.3 Å². The van der Waals surface area contributed by atoms with Gasteiger partial charge < -0.3 is 25.4 Å². The van der Waals surface area contributed by atoms with Crippen LogP contribution in [-0.4, -0.2) is 71.0 Å². The lowest BCUT2D eigenvalue weighted by molar-refractivity contribution is -0.192. The number of aromatic nitrogens is 3. The Morgan fingerprint density at radius 2 is 1.85 bits per heavy atom. The van der Waals surface area contributed by atoms with E-state index in [0.717, 1.165) is 37.6 Å². The number of piperazine rings is 1. The molecular formula is C25H27F3N8O4S. The van der Waals surface area contributed by atoms with E-state index in [1.807, 2.05) is 18.2 Å². The van der Waals surface area contributed by atoms with Crippen molar-refractivity contribution in [3.05, 3.63) is 52.0 Å². The second-order valence-electron chi connectivity index (χ2n) is 8.42. The zero-order valence-corrected chi connectivity index (χ0v) is 22.9. The fraction of sp³-hybridized carbons (Fsp3) is 0.360. The Morgan fingerprint density at radius 1 is 1.20 bits per heavy atom. The average molecular weight is 593 g/mol. The largest absolute Gasteiger partial charge is 0.490 e. The number of thiazole rings is 1. The number of carboxylic acid groups (broad SMARTS) is 1. The van der Waals surface area contributed by atoms with Gasteiger partial charge in [-0.25, -0.2) is 14.6 Å². The van der Waals surface area contributed by atoms with Gasteiger partial charge in [0.05, 0.1) is 23.9 Å². The van der Waals surface area contributed by atoms with Crippen LogP contribution in [0.2, 0.25) is 0 Å². The second-order valence-corrected chi connectivity index (χ2v) is 9.42. The number of rotatable bonds is 8. The number of carbonyl (C=O) groups is 2. The number of carboxylic acids is 1. The first-order valence-electron chi connectivity index (χ1n) is 12.3. The summed E-state index contributed by atoms with van der Waals surface area (Å²) in [5.74, 6) is -1.28. The summed E-state index contributed by atoms with van der Waals surface area (Å²) in [5.41, 5.74) is 2.26. The van der Waals surface area contributed by atoms with E-state index >= 15 is 0 Å². The molecule has 1 aromatic carbocycles. The minimum Gasteiger partial charge on any atom is -0.475 e. The molecule has 0 radical (unpaired) electrons. The molecule has 0 bridgehead atoms. The standard InChI is InChI=1S/C23H26N8O2S.C2HF3O2/c1-3-33-21(32)20-15(2)27-23(34-20)30-22-28-18(12-19(29-22)31-10-8-25-9-11-31)26-14-17-6-4-16(13-24)5-7-17;3-2(4,5)1(6)7/h4-7,12,25H,3,8-11,14H2,1-2H3,(H2,26,27,28,29,30);(H,6,7). The van der Waals surface area contributed by atoms with E-state index < -0.39 is 12.1 Å². The molecule has 0 saturated carbocycles. The van der Waals surface area contributed by atoms with Crippen molar-refractivity contribution in [3.63, 3.8) is 0 Å². The van der Waals surface area contributed by atoms with Crippen molar-refractivity contribution in [1.82, 2.24) is 20.3 Å². The number of benzene rings is 1. The van der Waals surface area contributed by atoms with Crippen molar-refractivity contribution >= 4 is 46.0 Å². The van der Waals surface area contributed by atoms with Gasteiger partial charge in [-0.2, -0.15) is 28.4 Å². The second kappa shape index (κ2) is 14.2. The summed E-state index contributed by atoms with van der Waals surface area (Å²) >= 11 is 1.22. The summed E-state index contributed by atoms with van der Waals surface area (Å²) in [5, 5.41) is 26.5. The number of esters is 1. The van der Waals surface area contributed by atoms with Gasteiger partial charge in [-0.3, -0.25) is 5.32 Å². The molecule has 41 heavy (non-hydrogen) atoms. The van der Waals surface area contributed by atoms with E-state index in [9.17, 15) is 18.0 Å². The highest BCUT2D eigenvalue weighted by atomic mass is 32.1. The van der Waals surface area contributed by atoms with Gasteiger partial charge >= 0.3 is 18.1 Å². The molecular weight excluding hydrogens is 565 g/mol. The van der Waals surface area contributed by atoms with Crippen LogP contribution >= 0.6 is 11.3 Å². The number of anilines is 4. The highest BCUT2D eigenvalue weighted by molar-refractivity contribution is 7.17. The molecule has 1 saturated heterocycles. The number of aryl methyl sites for hydroxylation is 1. The molecule has 3 heterocycles. The molecule has 1 aliphatic rings. The fourth-order valence-corrected chi connectivity index (χ4v) is 4.31. The quantitative estimate of drug-likeness (QED) is 0.281. The Labute approximate surface area is 237 Å². The van der Waals surface area contributed by atoms with E-state index in [1.165, 1.54) is 11.3 Å². The first kappa shape index (κ1) is 31.0. The number of nitrogens with zero attached hydrogens (tertiary/aromatic N) is 5. The van der Waals surface area contributed by atoms with Crippen LogP contribution in [0.4, 0.5) is 35.9 Å². The van der Waals surface area contributed by atoms with Crippen LogP contribution in [0.1, 0.15) is 33.4 Å². The number of hydrogen-bond donors (Lipinski definition) is 4. The van der Waals surface area contributed by atoms with Crippen LogP contribution in [0.25, 0.3) is 0 Å². The Morgan fingerprint density at radius 3 is 2.44 bits per heavy atom. The summed E-state index contributed by atoms with van der Waals surface area (Å²) in [6.45, 7) is 7.86. The SMILES string of the molecule is CCOC(=O)c1sc(Nc2nc(NCc3ccc(C#N)cc3)cc(N3CCNCC3)n2)nc1C.O=C(O)C(F)(F)F. The number of nitriles is 1. The lowest BCUT2D eigenvalue weighted by Crippen LogP contribution is -2.44. The number of alkyl halides is 3. The van der Waals surface area contributed by atoms with Crippen LogP contribution in [0.5, 0.6) is 0 Å². The monoisotopic (exact) mass is 592 g/mol. The van der Waals surface area contributed by atoms with E-state index in [2.05, 4.69) is 36.9 Å². The summed E-state index contributed by atoms with van der Waals surface area (Å²) < 4.78 is 36.8. The molecule has 0 aliphatic carbocycles. The van der Waals surface area contributed by atoms with Gasteiger partial charge in [-0.1, -0.05) is 23.5 Å². The molecule has 0 unspecified atom stereocenters. The molecule has 218 valence electrons. The minimum absolute atomic E-state index is 0.309. The summed E-state index contributed by atoms with van der Waals surface area (Å²) in [6, 6.07) is 11.5. The topological polar surface area (TPSA) is 165 Å². The van der Waals surface area contributed by atoms with Gasteiger partial charge in [0, 0.05) is 38.8 Å². The normalized spacial score (nSPS) is 12.9. The maximum atomic E-state index is 12.2. The first-order valence-corrected chi connectivity index (χ1v) is 13.1. The fourth-order valence-electron chi connectivity index (χ4n) is 3.46. The predicted octanol–water partition coefficient (Wildman–Crippen LogP) is 3.69. The Kier molecular flexibility index (Phi) is 10.8. The van der Waals surface area contributed by atoms with E-state index in [4.69, 9.17) is 24.9 Å². The van der Waals surface area contributed by atoms with E-state index in [-0.39, 0.29) is 5.97 Å². The highest BCUT2D eigenvalue weighted by Crippen LogP contribution is 2.27. The van der Waals surface area contributed by atoms with E-state index in [0.29, 0.717) is 46.2 Å². The molecule has 0 spiro atoms. The number of ether oxygens (including phenoxy) is 1. The van der Waals surface area contributed by atoms with Gasteiger partial charge in [0.2, 0.25) is 5.95 Å². The van der Waals surface area contributed by atoms with Gasteiger partial charge in [-0.05, 0) is 31.5 Å². The van der Waals surface area contributed by atoms with Crippen molar-refractivity contribution in [2.24, 2.45) is 0 Å². The predicted molar refractivity (Wildman–Crippen MR) is 145 cm³/mol. The summed E-state index contributed by atoms with van der Waals surface area (Å²) in [4.78, 5) is 37.5. The molecule has 2 aromatic heterocycles. The van der Waals surface area contributed by atoms with Crippen molar-refractivity contribution < 1.29 is 32.6 Å². The first-order chi connectivity index (χ1) is 19.5. The van der Waals surface area contributed by atoms with Crippen LogP contribution in [-0.2, 0) is 16.1 Å². The van der Waals surface area contributed by atoms with Gasteiger partial charge in [0.1, 0.15) is 16.5 Å². The van der Waals surface area contributed by atoms with E-state index in [1.54, 1.807) is 26.0 Å². The Bertz CT molecular complexity index is 1390. The zero-order chi connectivity index (χ0) is 30.0. The lowest BCUT2D eigenvalue weighted by Gasteiger charge is -2.28. The van der Waals surface area contributed by atoms with Gasteiger partial charge in [0.25, 0.3) is 0 Å². The minimum atomic E-state index is -5.08. The molecule has 4 N–H and O–H groups in total. The smallest absolute Gasteiger partial charge is 0.475 e. The third-order valence-corrected chi connectivity index (χ3v) is 6.48. The average Bonchev–Trinajstić information content (AvgIpc) is 3.32. The molecule has 16 heteroatoms. The lowest BCUT2D eigenvalue weighted by atomic mass is 10.1. The molecule has 4 rings (SSSR count). The van der Waals surface area contributed by atoms with Crippen LogP contribution < -0.4 is 20.9 Å². The van der Waals surface area contributed by atoms with Crippen molar-refractivity contribution in [2.45, 2.75) is 26.6 Å². The number of halogens is 3. The van der Waals surface area contributed by atoms with Crippen molar-refractivity contribution in [2.75, 3.05) is 48.3 Å². The Hall–Kier alpha value is -4.49. The zero-order valence-electron chi connectivity index (χ0n) is 22.1. The molecule has 0 atom stereocenters. The highest BCUT2D eigenvalue weighted by Gasteiger charge is 2.38. The number of hydrogen-bond acceptors (Lipinski definition) is 12. The molecule has 12 nitrogen and oxygen atoms in total. The number of aliphatic carboxylic acids is 1. The Balaban J connectivity index is 0.000000587. The maximum Gasteiger partial charge on any atom is 0.490 e. The molecule has 3 aromatic rings. The van der Waals surface area contributed by atoms with Crippen LogP contribution in [0.3, 0.4) is 0 Å². The number of nitrogens with one attached hydrogen (secondary N) is 3. The number of carbonyl (C=O) groups excluding carboxylic acids is 1.